The van der Waals surface area contributed by atoms with E-state index in [9.17, 15) is 4.79 Å². The Kier molecular flexibility index (Phi) is 7.32. The zero-order valence-electron chi connectivity index (χ0n) is 14.0. The molecule has 1 aromatic rings. The highest BCUT2D eigenvalue weighted by Crippen LogP contribution is 2.12. The summed E-state index contributed by atoms with van der Waals surface area (Å²) in [5.74, 6) is 0.880. The van der Waals surface area contributed by atoms with Gasteiger partial charge in [0.25, 0.3) is 0 Å². The van der Waals surface area contributed by atoms with Gasteiger partial charge in [-0.05, 0) is 24.6 Å². The maximum Gasteiger partial charge on any atom is 0.234 e. The molecule has 0 aromatic heterocycles. The van der Waals surface area contributed by atoms with Crippen LogP contribution >= 0.6 is 0 Å². The molecule has 0 bridgehead atoms. The van der Waals surface area contributed by atoms with Gasteiger partial charge in [0.2, 0.25) is 5.91 Å². The molecule has 0 saturated carbocycles. The van der Waals surface area contributed by atoms with E-state index in [0.29, 0.717) is 32.3 Å². The zero-order chi connectivity index (χ0) is 16.5. The first-order valence-corrected chi connectivity index (χ1v) is 8.11. The van der Waals surface area contributed by atoms with Crippen molar-refractivity contribution in [1.82, 2.24) is 15.5 Å². The Morgan fingerprint density at radius 2 is 2.13 bits per heavy atom. The second-order valence-electron chi connectivity index (χ2n) is 5.79. The van der Waals surface area contributed by atoms with E-state index < -0.39 is 0 Å². The van der Waals surface area contributed by atoms with Crippen LogP contribution in [0.3, 0.4) is 0 Å². The number of ether oxygens (including phenoxy) is 2. The van der Waals surface area contributed by atoms with Gasteiger partial charge in [0, 0.05) is 39.3 Å². The van der Waals surface area contributed by atoms with E-state index in [1.807, 2.05) is 24.3 Å². The van der Waals surface area contributed by atoms with E-state index in [1.165, 1.54) is 0 Å². The van der Waals surface area contributed by atoms with Crippen molar-refractivity contribution in [3.8, 4) is 5.75 Å². The smallest absolute Gasteiger partial charge is 0.234 e. The molecule has 6 nitrogen and oxygen atoms in total. The maximum atomic E-state index is 12.1. The van der Waals surface area contributed by atoms with Gasteiger partial charge in [0.1, 0.15) is 12.4 Å². The predicted molar refractivity (Wildman–Crippen MR) is 89.6 cm³/mol. The molecule has 1 saturated heterocycles. The number of carbonyl (C=O) groups is 1. The molecule has 128 valence electrons. The number of piperazine rings is 1. The molecular formula is C17H27N3O3. The van der Waals surface area contributed by atoms with Crippen molar-refractivity contribution < 1.29 is 14.3 Å². The molecule has 2 rings (SSSR count). The van der Waals surface area contributed by atoms with Gasteiger partial charge >= 0.3 is 0 Å². The fraction of sp³-hybridized carbons (Fsp3) is 0.588. The van der Waals surface area contributed by atoms with Crippen LogP contribution in [0.2, 0.25) is 0 Å². The molecular weight excluding hydrogens is 294 g/mol. The number of hydrogen-bond donors (Lipinski definition) is 2. The second-order valence-corrected chi connectivity index (χ2v) is 5.79. The van der Waals surface area contributed by atoms with Gasteiger partial charge in [-0.3, -0.25) is 9.69 Å². The van der Waals surface area contributed by atoms with Crippen molar-refractivity contribution in [1.29, 1.82) is 0 Å². The van der Waals surface area contributed by atoms with E-state index in [2.05, 4.69) is 22.5 Å². The minimum atomic E-state index is 0.0687. The second kappa shape index (κ2) is 9.50. The van der Waals surface area contributed by atoms with Gasteiger partial charge in [-0.2, -0.15) is 0 Å². The first-order chi connectivity index (χ1) is 11.2. The molecule has 1 atom stereocenters. The Balaban J connectivity index is 1.71. The number of benzene rings is 1. The summed E-state index contributed by atoms with van der Waals surface area (Å²) in [7, 11) is 1.65. The van der Waals surface area contributed by atoms with Crippen molar-refractivity contribution in [2.24, 2.45) is 0 Å². The average Bonchev–Trinajstić information content (AvgIpc) is 2.56. The van der Waals surface area contributed by atoms with Crippen molar-refractivity contribution >= 4 is 5.91 Å². The summed E-state index contributed by atoms with van der Waals surface area (Å²) in [6.45, 7) is 7.06. The SMILES string of the molecule is COCCOc1ccc(CNC(=O)CN2CCNC[C@H]2C)cc1. The van der Waals surface area contributed by atoms with Crippen LogP contribution in [-0.4, -0.2) is 63.4 Å². The van der Waals surface area contributed by atoms with Crippen LogP contribution in [0, 0.1) is 0 Å². The standard InChI is InChI=1S/C17H27N3O3/c1-14-11-18-7-8-20(14)13-17(21)19-12-15-3-5-16(6-4-15)23-10-9-22-2/h3-6,14,18H,7-13H2,1-2H3,(H,19,21)/t14-/m1/s1. The lowest BCUT2D eigenvalue weighted by Gasteiger charge is -2.33. The van der Waals surface area contributed by atoms with E-state index in [1.54, 1.807) is 7.11 Å². The molecule has 1 fully saturated rings. The van der Waals surface area contributed by atoms with Crippen molar-refractivity contribution in [3.63, 3.8) is 0 Å². The average molecular weight is 321 g/mol. The van der Waals surface area contributed by atoms with E-state index in [-0.39, 0.29) is 5.91 Å². The number of carbonyl (C=O) groups excluding carboxylic acids is 1. The van der Waals surface area contributed by atoms with E-state index >= 15 is 0 Å². The Hall–Kier alpha value is -1.63. The fourth-order valence-electron chi connectivity index (χ4n) is 2.51. The molecule has 0 spiro atoms. The molecule has 1 aliphatic heterocycles. The molecule has 23 heavy (non-hydrogen) atoms. The van der Waals surface area contributed by atoms with Gasteiger partial charge in [-0.1, -0.05) is 12.1 Å². The number of nitrogens with one attached hydrogen (secondary N) is 2. The van der Waals surface area contributed by atoms with Gasteiger partial charge in [0.15, 0.2) is 0 Å². The lowest BCUT2D eigenvalue weighted by molar-refractivity contribution is -0.123. The van der Waals surface area contributed by atoms with Crippen LogP contribution < -0.4 is 15.4 Å². The minimum absolute atomic E-state index is 0.0687. The molecule has 1 aromatic carbocycles. The Morgan fingerprint density at radius 1 is 1.35 bits per heavy atom. The summed E-state index contributed by atoms with van der Waals surface area (Å²) in [5.41, 5.74) is 1.06. The number of amides is 1. The fourth-order valence-corrected chi connectivity index (χ4v) is 2.51. The molecule has 1 heterocycles. The van der Waals surface area contributed by atoms with Gasteiger partial charge in [0.05, 0.1) is 13.2 Å². The Bertz CT molecular complexity index is 478. The summed E-state index contributed by atoms with van der Waals surface area (Å²) in [4.78, 5) is 14.3. The van der Waals surface area contributed by atoms with Crippen LogP contribution in [0.15, 0.2) is 24.3 Å². The lowest BCUT2D eigenvalue weighted by atomic mass is 10.2. The van der Waals surface area contributed by atoms with E-state index in [0.717, 1.165) is 30.9 Å². The summed E-state index contributed by atoms with van der Waals surface area (Å²) in [6.07, 6.45) is 0. The first kappa shape index (κ1) is 17.7. The van der Waals surface area contributed by atoms with Gasteiger partial charge in [-0.15, -0.1) is 0 Å². The molecule has 1 amide bonds. The predicted octanol–water partition coefficient (Wildman–Crippen LogP) is 0.622. The number of nitrogens with zero attached hydrogens (tertiary/aromatic N) is 1. The Labute approximate surface area is 138 Å². The number of hydrogen-bond acceptors (Lipinski definition) is 5. The summed E-state index contributed by atoms with van der Waals surface area (Å²) < 4.78 is 10.5. The van der Waals surface area contributed by atoms with Crippen molar-refractivity contribution in [2.75, 3.05) is 46.5 Å². The zero-order valence-corrected chi connectivity index (χ0v) is 14.0. The molecule has 0 unspecified atom stereocenters. The number of methoxy groups -OCH3 is 1. The summed E-state index contributed by atoms with van der Waals surface area (Å²) >= 11 is 0. The van der Waals surface area contributed by atoms with Gasteiger partial charge < -0.3 is 20.1 Å². The summed E-state index contributed by atoms with van der Waals surface area (Å²) in [5, 5.41) is 6.30. The van der Waals surface area contributed by atoms with Crippen LogP contribution in [-0.2, 0) is 16.1 Å². The van der Waals surface area contributed by atoms with Crippen molar-refractivity contribution in [3.05, 3.63) is 29.8 Å². The molecule has 6 heteroatoms. The normalized spacial score (nSPS) is 18.6. The minimum Gasteiger partial charge on any atom is -0.491 e. The first-order valence-electron chi connectivity index (χ1n) is 8.11. The molecule has 0 aliphatic carbocycles. The van der Waals surface area contributed by atoms with Crippen LogP contribution in [0.1, 0.15) is 12.5 Å². The largest absolute Gasteiger partial charge is 0.491 e. The maximum absolute atomic E-state index is 12.1. The highest BCUT2D eigenvalue weighted by atomic mass is 16.5. The van der Waals surface area contributed by atoms with Crippen LogP contribution in [0.25, 0.3) is 0 Å². The third-order valence-electron chi connectivity index (χ3n) is 3.95. The van der Waals surface area contributed by atoms with Gasteiger partial charge in [-0.25, -0.2) is 0 Å². The van der Waals surface area contributed by atoms with Crippen LogP contribution in [0.5, 0.6) is 5.75 Å². The summed E-state index contributed by atoms with van der Waals surface area (Å²) in [6, 6.07) is 8.16. The highest BCUT2D eigenvalue weighted by Gasteiger charge is 2.19. The highest BCUT2D eigenvalue weighted by molar-refractivity contribution is 5.78. The topological polar surface area (TPSA) is 62.8 Å². The lowest BCUT2D eigenvalue weighted by Crippen LogP contribution is -2.52. The van der Waals surface area contributed by atoms with Crippen LogP contribution in [0.4, 0.5) is 0 Å². The molecule has 1 aliphatic rings. The monoisotopic (exact) mass is 321 g/mol. The van der Waals surface area contributed by atoms with E-state index in [4.69, 9.17) is 9.47 Å². The number of rotatable bonds is 8. The quantitative estimate of drug-likeness (QED) is 0.688. The molecule has 0 radical (unpaired) electrons. The Morgan fingerprint density at radius 3 is 2.83 bits per heavy atom. The third kappa shape index (κ3) is 6.17. The van der Waals surface area contributed by atoms with Crippen molar-refractivity contribution in [2.45, 2.75) is 19.5 Å². The molecule has 2 N–H and O–H groups in total. The third-order valence-corrected chi connectivity index (χ3v) is 3.95.